The Balaban J connectivity index is 2.37. The summed E-state index contributed by atoms with van der Waals surface area (Å²) in [6.07, 6.45) is 1.52. The van der Waals surface area contributed by atoms with Crippen LogP contribution in [0, 0.1) is 23.7 Å². The second-order valence-electron chi connectivity index (χ2n) is 7.59. The quantitative estimate of drug-likeness (QED) is 0.295. The van der Waals surface area contributed by atoms with Gasteiger partial charge in [-0.25, -0.2) is 4.79 Å². The molecule has 0 saturated heterocycles. The van der Waals surface area contributed by atoms with Crippen molar-refractivity contribution in [3.8, 4) is 17.6 Å². The van der Waals surface area contributed by atoms with E-state index in [1.54, 1.807) is 51.1 Å². The zero-order valence-corrected chi connectivity index (χ0v) is 17.4. The monoisotopic (exact) mass is 391 g/mol. The van der Waals surface area contributed by atoms with Crippen molar-refractivity contribution in [3.63, 3.8) is 0 Å². The van der Waals surface area contributed by atoms with Crippen molar-refractivity contribution in [1.29, 1.82) is 5.26 Å². The Bertz CT molecular complexity index is 991. The largest absolute Gasteiger partial charge is 0.490 e. The smallest absolute Gasteiger partial charge is 0.343 e. The zero-order chi connectivity index (χ0) is 21.6. The van der Waals surface area contributed by atoms with Crippen LogP contribution in [0.25, 0.3) is 6.08 Å². The van der Waals surface area contributed by atoms with Crippen molar-refractivity contribution in [2.24, 2.45) is 5.41 Å². The number of hydrogen-bond acceptors (Lipinski definition) is 5. The number of ketones is 1. The number of nitriles is 1. The average Bonchev–Trinajstić information content (AvgIpc) is 2.67. The number of allylic oxidation sites excluding steroid dienone is 1. The van der Waals surface area contributed by atoms with E-state index in [-0.39, 0.29) is 17.1 Å². The highest BCUT2D eigenvalue weighted by atomic mass is 16.6. The number of carbonyl (C=O) groups is 2. The Morgan fingerprint density at radius 3 is 2.38 bits per heavy atom. The van der Waals surface area contributed by atoms with Gasteiger partial charge in [-0.2, -0.15) is 5.26 Å². The van der Waals surface area contributed by atoms with E-state index in [0.29, 0.717) is 23.5 Å². The zero-order valence-electron chi connectivity index (χ0n) is 17.4. The van der Waals surface area contributed by atoms with Gasteiger partial charge < -0.3 is 9.47 Å². The first kappa shape index (κ1) is 21.9. The normalized spacial score (nSPS) is 11.5. The number of ether oxygens (including phenoxy) is 2. The minimum Gasteiger partial charge on any atom is -0.490 e. The summed E-state index contributed by atoms with van der Waals surface area (Å²) in [5.41, 5.74) is 1.30. The van der Waals surface area contributed by atoms with E-state index >= 15 is 0 Å². The molecule has 0 spiro atoms. The Labute approximate surface area is 171 Å². The van der Waals surface area contributed by atoms with Crippen LogP contribution in [-0.2, 0) is 4.79 Å². The maximum absolute atomic E-state index is 12.5. The van der Waals surface area contributed by atoms with Gasteiger partial charge in [0.15, 0.2) is 17.3 Å². The van der Waals surface area contributed by atoms with Gasteiger partial charge in [0.1, 0.15) is 6.07 Å². The van der Waals surface area contributed by atoms with E-state index in [0.717, 1.165) is 5.56 Å². The van der Waals surface area contributed by atoms with Gasteiger partial charge >= 0.3 is 5.97 Å². The van der Waals surface area contributed by atoms with Gasteiger partial charge in [-0.05, 0) is 49.2 Å². The fraction of sp³-hybridized carbons (Fsp3) is 0.292. The summed E-state index contributed by atoms with van der Waals surface area (Å²) in [5.74, 6) is -0.0809. The molecule has 29 heavy (non-hydrogen) atoms. The summed E-state index contributed by atoms with van der Waals surface area (Å²) in [6, 6.07) is 14.1. The van der Waals surface area contributed by atoms with Crippen LogP contribution in [0.5, 0.6) is 11.5 Å². The average molecular weight is 391 g/mol. The summed E-state index contributed by atoms with van der Waals surface area (Å²) in [5, 5.41) is 9.38. The van der Waals surface area contributed by atoms with Crippen molar-refractivity contribution in [1.82, 2.24) is 0 Å². The Hall–Kier alpha value is -3.39. The van der Waals surface area contributed by atoms with Crippen molar-refractivity contribution < 1.29 is 19.1 Å². The van der Waals surface area contributed by atoms with Crippen LogP contribution < -0.4 is 9.47 Å². The van der Waals surface area contributed by atoms with Crippen molar-refractivity contribution in [3.05, 3.63) is 64.7 Å². The molecule has 0 aliphatic heterocycles. The first-order chi connectivity index (χ1) is 13.7. The topological polar surface area (TPSA) is 76.4 Å². The summed E-state index contributed by atoms with van der Waals surface area (Å²) in [7, 11) is 0. The first-order valence-electron chi connectivity index (χ1n) is 9.38. The molecule has 0 radical (unpaired) electrons. The van der Waals surface area contributed by atoms with Gasteiger partial charge in [0.05, 0.1) is 17.7 Å². The van der Waals surface area contributed by atoms with Crippen LogP contribution in [0.15, 0.2) is 48.0 Å². The van der Waals surface area contributed by atoms with E-state index in [4.69, 9.17) is 9.47 Å². The fourth-order valence-corrected chi connectivity index (χ4v) is 2.64. The molecule has 150 valence electrons. The van der Waals surface area contributed by atoms with Gasteiger partial charge in [0, 0.05) is 5.41 Å². The van der Waals surface area contributed by atoms with Gasteiger partial charge in [-0.15, -0.1) is 0 Å². The number of benzene rings is 2. The fourth-order valence-electron chi connectivity index (χ4n) is 2.64. The lowest BCUT2D eigenvalue weighted by molar-refractivity contribution is -0.121. The predicted octanol–water partition coefficient (Wildman–Crippen LogP) is 5.14. The van der Waals surface area contributed by atoms with E-state index in [1.165, 1.54) is 6.08 Å². The van der Waals surface area contributed by atoms with Crippen molar-refractivity contribution in [2.75, 3.05) is 6.61 Å². The number of carbonyl (C=O) groups excluding carboxylic acids is 2. The SMILES string of the molecule is CCOc1cc(/C=C(\C#N)C(=O)C(C)(C)C)ccc1OC(=O)c1ccccc1C. The number of rotatable bonds is 6. The second kappa shape index (κ2) is 9.20. The molecule has 0 N–H and O–H groups in total. The molecule has 5 nitrogen and oxygen atoms in total. The standard InChI is InChI=1S/C24H25NO4/c1-6-28-21-14-17(13-18(15-25)22(26)24(3,4)5)11-12-20(21)29-23(27)19-10-8-7-9-16(19)2/h7-14H,6H2,1-5H3/b18-13+. The maximum atomic E-state index is 12.5. The number of Topliss-reactive ketones (excluding diaryl/α,β-unsaturated/α-hetero) is 1. The third-order valence-electron chi connectivity index (χ3n) is 4.19. The molecular weight excluding hydrogens is 366 g/mol. The van der Waals surface area contributed by atoms with Gasteiger partial charge in [-0.3, -0.25) is 4.79 Å². The van der Waals surface area contributed by atoms with Crippen LogP contribution in [0.3, 0.4) is 0 Å². The number of esters is 1. The first-order valence-corrected chi connectivity index (χ1v) is 9.38. The van der Waals surface area contributed by atoms with E-state index in [9.17, 15) is 14.9 Å². The Morgan fingerprint density at radius 1 is 1.10 bits per heavy atom. The Kier molecular flexibility index (Phi) is 6.95. The maximum Gasteiger partial charge on any atom is 0.343 e. The molecule has 0 heterocycles. The molecule has 0 saturated carbocycles. The summed E-state index contributed by atoms with van der Waals surface area (Å²) < 4.78 is 11.1. The van der Waals surface area contributed by atoms with Crippen LogP contribution >= 0.6 is 0 Å². The molecule has 0 unspecified atom stereocenters. The molecule has 0 aliphatic carbocycles. The molecule has 0 bridgehead atoms. The molecule has 0 amide bonds. The number of hydrogen-bond donors (Lipinski definition) is 0. The predicted molar refractivity (Wildman–Crippen MR) is 112 cm³/mol. The molecular formula is C24H25NO4. The van der Waals surface area contributed by atoms with Crippen LogP contribution in [0.1, 0.15) is 49.2 Å². The molecule has 2 rings (SSSR count). The molecule has 2 aromatic carbocycles. The summed E-state index contributed by atoms with van der Waals surface area (Å²) >= 11 is 0. The van der Waals surface area contributed by atoms with E-state index < -0.39 is 11.4 Å². The molecule has 5 heteroatoms. The second-order valence-corrected chi connectivity index (χ2v) is 7.59. The van der Waals surface area contributed by atoms with Crippen LogP contribution in [-0.4, -0.2) is 18.4 Å². The lowest BCUT2D eigenvalue weighted by Crippen LogP contribution is -2.21. The van der Waals surface area contributed by atoms with E-state index in [2.05, 4.69) is 0 Å². The highest BCUT2D eigenvalue weighted by molar-refractivity contribution is 6.06. The lowest BCUT2D eigenvalue weighted by atomic mass is 9.86. The van der Waals surface area contributed by atoms with Gasteiger partial charge in [-0.1, -0.05) is 45.0 Å². The van der Waals surface area contributed by atoms with Crippen molar-refractivity contribution in [2.45, 2.75) is 34.6 Å². The van der Waals surface area contributed by atoms with Gasteiger partial charge in [0.2, 0.25) is 0 Å². The highest BCUT2D eigenvalue weighted by Crippen LogP contribution is 2.31. The van der Waals surface area contributed by atoms with Crippen molar-refractivity contribution >= 4 is 17.8 Å². The third kappa shape index (κ3) is 5.55. The number of nitrogens with zero attached hydrogens (tertiary/aromatic N) is 1. The van der Waals surface area contributed by atoms with E-state index in [1.807, 2.05) is 32.0 Å². The minimum atomic E-state index is -0.659. The third-order valence-corrected chi connectivity index (χ3v) is 4.19. The lowest BCUT2D eigenvalue weighted by Gasteiger charge is -2.16. The molecule has 0 atom stereocenters. The van der Waals surface area contributed by atoms with Crippen LogP contribution in [0.2, 0.25) is 0 Å². The van der Waals surface area contributed by atoms with Gasteiger partial charge in [0.25, 0.3) is 0 Å². The van der Waals surface area contributed by atoms with Crippen LogP contribution in [0.4, 0.5) is 0 Å². The number of aryl methyl sites for hydroxylation is 1. The minimum absolute atomic E-state index is 0.0598. The highest BCUT2D eigenvalue weighted by Gasteiger charge is 2.25. The summed E-state index contributed by atoms with van der Waals surface area (Å²) in [6.45, 7) is 9.32. The molecule has 0 aliphatic rings. The molecule has 0 aromatic heterocycles. The molecule has 0 fully saturated rings. The summed E-state index contributed by atoms with van der Waals surface area (Å²) in [4.78, 5) is 24.9. The Morgan fingerprint density at radius 2 is 1.79 bits per heavy atom. The molecule has 2 aromatic rings.